The minimum atomic E-state index is -0.128. The molecule has 57 heavy (non-hydrogen) atoms. The van der Waals surface area contributed by atoms with Crippen molar-refractivity contribution in [1.29, 1.82) is 0 Å². The van der Waals surface area contributed by atoms with Gasteiger partial charge >= 0.3 is 11.9 Å². The smallest absolute Gasteiger partial charge is 0.306 e. The van der Waals surface area contributed by atoms with E-state index in [0.717, 1.165) is 44.4 Å². The Morgan fingerprint density at radius 3 is 1.40 bits per heavy atom. The number of nitrogens with zero attached hydrogens (tertiary/aromatic N) is 1. The van der Waals surface area contributed by atoms with Crippen LogP contribution in [0.1, 0.15) is 245 Å². The number of carbonyl (C=O) groups is 2. The van der Waals surface area contributed by atoms with Gasteiger partial charge in [0, 0.05) is 18.1 Å². The third-order valence-corrected chi connectivity index (χ3v) is 13.7. The molecule has 2 atom stereocenters. The summed E-state index contributed by atoms with van der Waals surface area (Å²) in [6, 6.07) is 0. The molecule has 0 aliphatic carbocycles. The molecule has 0 radical (unpaired) electrons. The molecule has 0 N–H and O–H groups in total. The molecular weight excluding hydrogens is 743 g/mol. The summed E-state index contributed by atoms with van der Waals surface area (Å²) in [4.78, 5) is 27.5. The van der Waals surface area contributed by atoms with Crippen molar-refractivity contribution in [3.63, 3.8) is 0 Å². The van der Waals surface area contributed by atoms with Crippen molar-refractivity contribution >= 4 is 33.5 Å². The average molecular weight is 840 g/mol. The summed E-state index contributed by atoms with van der Waals surface area (Å²) in [5.74, 6) is 1.70. The highest BCUT2D eigenvalue weighted by Crippen LogP contribution is 2.29. The van der Waals surface area contributed by atoms with Crippen LogP contribution in [-0.4, -0.2) is 61.7 Å². The van der Waals surface area contributed by atoms with Crippen LogP contribution in [0.25, 0.3) is 0 Å². The Bertz CT molecular complexity index is 869. The summed E-state index contributed by atoms with van der Waals surface area (Å²) in [5, 5.41) is 0. The van der Waals surface area contributed by atoms with E-state index < -0.39 is 0 Å². The van der Waals surface area contributed by atoms with Crippen molar-refractivity contribution in [3.8, 4) is 0 Å². The zero-order valence-corrected chi connectivity index (χ0v) is 40.4. The van der Waals surface area contributed by atoms with E-state index in [1.165, 1.54) is 180 Å². The van der Waals surface area contributed by atoms with Gasteiger partial charge in [-0.15, -0.1) is 0 Å². The predicted octanol–water partition coefficient (Wildman–Crippen LogP) is 16.3. The molecule has 0 aromatic carbocycles. The first kappa shape index (κ1) is 56.3. The first-order valence-electron chi connectivity index (χ1n) is 24.8. The van der Waals surface area contributed by atoms with Crippen LogP contribution >= 0.6 is 21.6 Å². The lowest BCUT2D eigenvalue weighted by Crippen LogP contribution is -2.27. The fraction of sp³-hybridized carbons (Fsp3) is 0.920. The maximum absolute atomic E-state index is 13.3. The van der Waals surface area contributed by atoms with Gasteiger partial charge in [0.1, 0.15) is 6.10 Å². The van der Waals surface area contributed by atoms with Crippen LogP contribution in [-0.2, 0) is 19.1 Å². The molecule has 5 nitrogen and oxygen atoms in total. The fourth-order valence-electron chi connectivity index (χ4n) is 7.63. The molecule has 0 heterocycles. The van der Waals surface area contributed by atoms with E-state index in [4.69, 9.17) is 9.47 Å². The van der Waals surface area contributed by atoms with Gasteiger partial charge in [0.15, 0.2) is 0 Å². The highest BCUT2D eigenvalue weighted by atomic mass is 33.1. The number of rotatable bonds is 46. The summed E-state index contributed by atoms with van der Waals surface area (Å²) < 4.78 is 11.8. The third kappa shape index (κ3) is 43.2. The van der Waals surface area contributed by atoms with Crippen molar-refractivity contribution in [3.05, 3.63) is 12.2 Å². The van der Waals surface area contributed by atoms with Gasteiger partial charge in [-0.1, -0.05) is 215 Å². The highest BCUT2D eigenvalue weighted by Gasteiger charge is 2.24. The van der Waals surface area contributed by atoms with Gasteiger partial charge < -0.3 is 14.4 Å². The average Bonchev–Trinajstić information content (AvgIpc) is 3.20. The van der Waals surface area contributed by atoms with Crippen molar-refractivity contribution in [2.75, 3.05) is 38.8 Å². The molecule has 0 fully saturated rings. The predicted molar refractivity (Wildman–Crippen MR) is 256 cm³/mol. The van der Waals surface area contributed by atoms with E-state index in [1.807, 2.05) is 14.1 Å². The Hall–Kier alpha value is -0.660. The molecule has 0 bridgehead atoms. The fourth-order valence-corrected chi connectivity index (χ4v) is 9.58. The van der Waals surface area contributed by atoms with Gasteiger partial charge in [-0.2, -0.15) is 0 Å². The second-order valence-corrected chi connectivity index (χ2v) is 19.9. The van der Waals surface area contributed by atoms with Gasteiger partial charge in [-0.3, -0.25) is 9.59 Å². The summed E-state index contributed by atoms with van der Waals surface area (Å²) in [5.41, 5.74) is 0. The summed E-state index contributed by atoms with van der Waals surface area (Å²) in [7, 11) is 7.39. The zero-order valence-electron chi connectivity index (χ0n) is 38.8. The van der Waals surface area contributed by atoms with Crippen LogP contribution < -0.4 is 0 Å². The summed E-state index contributed by atoms with van der Waals surface area (Å²) in [6.45, 7) is 8.26. The lowest BCUT2D eigenvalue weighted by molar-refractivity contribution is -0.152. The van der Waals surface area contributed by atoms with Gasteiger partial charge in [0.2, 0.25) is 0 Å². The molecule has 0 amide bonds. The van der Waals surface area contributed by atoms with E-state index in [-0.39, 0.29) is 18.0 Å². The van der Waals surface area contributed by atoms with E-state index in [1.54, 1.807) is 21.6 Å². The standard InChI is InChI=1S/C50H97NO4S2/c1-6-9-12-15-18-20-22-24-26-29-32-35-39-47(38-34-31-28-17-14-11-8-3)48(40-36-33-30-27-25-23-21-19-16-13-10-7-2)55-50(53)42-46-57-56-45-41-49(52)54-44-37-43-51(4)5/h28,31,47-48H,6-27,29-30,32-46H2,1-5H3/b31-28-. The Balaban J connectivity index is 5.00. The van der Waals surface area contributed by atoms with Gasteiger partial charge in [-0.25, -0.2) is 0 Å². The molecular formula is C50H97NO4S2. The largest absolute Gasteiger partial charge is 0.466 e. The van der Waals surface area contributed by atoms with Gasteiger partial charge in [-0.05, 0) is 71.4 Å². The first-order valence-corrected chi connectivity index (χ1v) is 27.3. The third-order valence-electron chi connectivity index (χ3n) is 11.3. The first-order chi connectivity index (χ1) is 27.9. The molecule has 2 unspecified atom stereocenters. The molecule has 7 heteroatoms. The molecule has 0 saturated carbocycles. The minimum absolute atomic E-state index is 0.0294. The molecule has 338 valence electrons. The molecule has 0 rings (SSSR count). The number of ether oxygens (including phenoxy) is 2. The van der Waals surface area contributed by atoms with Crippen molar-refractivity contribution in [2.45, 2.75) is 252 Å². The lowest BCUT2D eigenvalue weighted by atomic mass is 9.87. The second-order valence-electron chi connectivity index (χ2n) is 17.2. The summed E-state index contributed by atoms with van der Waals surface area (Å²) >= 11 is 0. The van der Waals surface area contributed by atoms with E-state index in [0.29, 0.717) is 31.1 Å². The minimum Gasteiger partial charge on any atom is -0.466 e. The Labute approximate surface area is 364 Å². The number of unbranched alkanes of at least 4 members (excludes halogenated alkanes) is 25. The number of carbonyl (C=O) groups excluding carboxylic acids is 2. The lowest BCUT2D eigenvalue weighted by Gasteiger charge is -2.27. The van der Waals surface area contributed by atoms with Crippen molar-refractivity contribution in [1.82, 2.24) is 4.90 Å². The van der Waals surface area contributed by atoms with Crippen LogP contribution in [0.2, 0.25) is 0 Å². The Morgan fingerprint density at radius 2 is 0.912 bits per heavy atom. The monoisotopic (exact) mass is 840 g/mol. The Morgan fingerprint density at radius 1 is 0.491 bits per heavy atom. The number of hydrogen-bond donors (Lipinski definition) is 0. The van der Waals surface area contributed by atoms with Crippen molar-refractivity contribution in [2.24, 2.45) is 5.92 Å². The maximum Gasteiger partial charge on any atom is 0.306 e. The molecule has 0 aromatic rings. The molecule has 0 aliphatic heterocycles. The number of esters is 2. The quantitative estimate of drug-likeness (QED) is 0.0262. The summed E-state index contributed by atoms with van der Waals surface area (Å²) in [6.07, 6.45) is 48.5. The number of allylic oxidation sites excluding steroid dienone is 2. The van der Waals surface area contributed by atoms with Crippen LogP contribution in [0.4, 0.5) is 0 Å². The number of hydrogen-bond acceptors (Lipinski definition) is 7. The Kier molecular flexibility index (Phi) is 45.9. The normalized spacial score (nSPS) is 12.8. The van der Waals surface area contributed by atoms with Crippen LogP contribution in [0.5, 0.6) is 0 Å². The zero-order chi connectivity index (χ0) is 41.7. The van der Waals surface area contributed by atoms with E-state index in [2.05, 4.69) is 37.8 Å². The van der Waals surface area contributed by atoms with E-state index in [9.17, 15) is 9.59 Å². The van der Waals surface area contributed by atoms with Gasteiger partial charge in [0.05, 0.1) is 19.4 Å². The van der Waals surface area contributed by atoms with E-state index >= 15 is 0 Å². The van der Waals surface area contributed by atoms with Gasteiger partial charge in [0.25, 0.3) is 0 Å². The highest BCUT2D eigenvalue weighted by molar-refractivity contribution is 8.76. The van der Waals surface area contributed by atoms with Crippen molar-refractivity contribution < 1.29 is 19.1 Å². The molecule has 0 saturated heterocycles. The SMILES string of the molecule is CCCCC/C=C\CCC(CCCCCCCCCCCCCC)C(CCCCCCCCCCCCCC)OC(=O)CCSSCCC(=O)OCCCN(C)C. The van der Waals surface area contributed by atoms with Crippen LogP contribution in [0, 0.1) is 5.92 Å². The molecule has 0 spiro atoms. The maximum atomic E-state index is 13.3. The second kappa shape index (κ2) is 46.4. The molecule has 0 aromatic heterocycles. The topological polar surface area (TPSA) is 55.8 Å². The molecule has 0 aliphatic rings. The van der Waals surface area contributed by atoms with Crippen LogP contribution in [0.15, 0.2) is 12.2 Å². The van der Waals surface area contributed by atoms with Crippen LogP contribution in [0.3, 0.4) is 0 Å².